The van der Waals surface area contributed by atoms with E-state index in [0.717, 1.165) is 30.1 Å². The van der Waals surface area contributed by atoms with Crippen LogP contribution in [0, 0.1) is 0 Å². The van der Waals surface area contributed by atoms with Crippen molar-refractivity contribution in [2.45, 2.75) is 111 Å². The zero-order valence-electron chi connectivity index (χ0n) is 26.8. The minimum Gasteiger partial charge on any atom is -0.478 e. The highest BCUT2D eigenvalue weighted by Gasteiger charge is 2.38. The number of benzene rings is 2. The van der Waals surface area contributed by atoms with E-state index in [1.54, 1.807) is 6.08 Å². The Kier molecular flexibility index (Phi) is 11.5. The maximum absolute atomic E-state index is 10.8. The molecule has 40 heavy (non-hydrogen) atoms. The smallest absolute Gasteiger partial charge is 0.328 e. The number of allylic oxidation sites excluding steroid dienone is 3. The van der Waals surface area contributed by atoms with Gasteiger partial charge >= 0.3 is 5.97 Å². The van der Waals surface area contributed by atoms with Gasteiger partial charge in [-0.15, -0.1) is 0 Å². The summed E-state index contributed by atoms with van der Waals surface area (Å²) in [6.07, 6.45) is 6.43. The Morgan fingerprint density at radius 1 is 0.800 bits per heavy atom. The lowest BCUT2D eigenvalue weighted by atomic mass is 9.97. The number of carboxylic acids is 1. The summed E-state index contributed by atoms with van der Waals surface area (Å²) in [5.74, 6) is -0.940. The first-order valence-corrected chi connectivity index (χ1v) is 20.2. The van der Waals surface area contributed by atoms with Gasteiger partial charge in [-0.2, -0.15) is 0 Å². The van der Waals surface area contributed by atoms with E-state index in [2.05, 4.69) is 110 Å². The second-order valence-electron chi connectivity index (χ2n) is 13.9. The lowest BCUT2D eigenvalue weighted by Crippen LogP contribution is -2.41. The van der Waals surface area contributed by atoms with Crippen molar-refractivity contribution in [3.63, 3.8) is 0 Å². The van der Waals surface area contributed by atoms with Crippen LogP contribution in [-0.2, 0) is 39.7 Å². The third kappa shape index (κ3) is 9.98. The number of hydrogen-bond acceptors (Lipinski definition) is 3. The molecule has 220 valence electrons. The topological polar surface area (TPSA) is 55.8 Å². The summed E-state index contributed by atoms with van der Waals surface area (Å²) in [4.78, 5) is 10.8. The molecule has 0 spiro atoms. The molecule has 6 heteroatoms. The van der Waals surface area contributed by atoms with Gasteiger partial charge in [0.1, 0.15) is 0 Å². The van der Waals surface area contributed by atoms with Crippen LogP contribution < -0.4 is 0 Å². The van der Waals surface area contributed by atoms with E-state index in [9.17, 15) is 4.79 Å². The third-order valence-electron chi connectivity index (χ3n) is 8.73. The molecule has 0 aromatic heterocycles. The maximum atomic E-state index is 10.8. The van der Waals surface area contributed by atoms with Gasteiger partial charge in [0.25, 0.3) is 0 Å². The number of carbonyl (C=O) groups is 1. The largest absolute Gasteiger partial charge is 0.478 e. The molecule has 0 atom stereocenters. The number of aliphatic carboxylic acids is 1. The standard InChI is InChI=1S/C34H52O4Si2/c1-26(14-12-17-32(35)36)29-16-13-15-27(22-29)18-19-28-20-21-30(24-37-39(8,9)33(2,3)4)31(23-28)25-38-40(10,11)34(5,6)7/h12-17,20-23H,18-19,24-25H2,1-11H3,(H,35,36)/b17-12+,26-14-. The van der Waals surface area contributed by atoms with Crippen molar-refractivity contribution in [2.75, 3.05) is 0 Å². The summed E-state index contributed by atoms with van der Waals surface area (Å²) in [5.41, 5.74) is 7.16. The summed E-state index contributed by atoms with van der Waals surface area (Å²) >= 11 is 0. The van der Waals surface area contributed by atoms with Crippen molar-refractivity contribution in [1.29, 1.82) is 0 Å². The first-order valence-electron chi connectivity index (χ1n) is 14.4. The van der Waals surface area contributed by atoms with E-state index in [4.69, 9.17) is 14.0 Å². The Morgan fingerprint density at radius 3 is 1.85 bits per heavy atom. The molecule has 0 unspecified atom stereocenters. The maximum Gasteiger partial charge on any atom is 0.328 e. The summed E-state index contributed by atoms with van der Waals surface area (Å²) in [7, 11) is -3.77. The van der Waals surface area contributed by atoms with Crippen molar-refractivity contribution >= 4 is 28.2 Å². The van der Waals surface area contributed by atoms with Crippen molar-refractivity contribution in [3.8, 4) is 0 Å². The predicted molar refractivity (Wildman–Crippen MR) is 175 cm³/mol. The second-order valence-corrected chi connectivity index (χ2v) is 23.6. The van der Waals surface area contributed by atoms with Crippen LogP contribution in [-0.4, -0.2) is 27.7 Å². The molecule has 0 heterocycles. The molecule has 0 aliphatic carbocycles. The molecule has 0 radical (unpaired) electrons. The average molecular weight is 581 g/mol. The van der Waals surface area contributed by atoms with E-state index in [0.29, 0.717) is 13.2 Å². The second kappa shape index (κ2) is 13.6. The van der Waals surface area contributed by atoms with Gasteiger partial charge in [0.15, 0.2) is 16.6 Å². The number of hydrogen-bond donors (Lipinski definition) is 1. The zero-order valence-corrected chi connectivity index (χ0v) is 28.8. The molecule has 4 nitrogen and oxygen atoms in total. The Balaban J connectivity index is 2.26. The number of carboxylic acid groups (broad SMARTS) is 1. The van der Waals surface area contributed by atoms with Gasteiger partial charge < -0.3 is 14.0 Å². The fourth-order valence-corrected chi connectivity index (χ4v) is 5.59. The molecule has 0 bridgehead atoms. The van der Waals surface area contributed by atoms with Gasteiger partial charge in [0.2, 0.25) is 0 Å². The van der Waals surface area contributed by atoms with Crippen LogP contribution in [0.2, 0.25) is 36.3 Å². The van der Waals surface area contributed by atoms with Crippen LogP contribution in [0.4, 0.5) is 0 Å². The predicted octanol–water partition coefficient (Wildman–Crippen LogP) is 9.56. The van der Waals surface area contributed by atoms with Crippen LogP contribution in [0.25, 0.3) is 5.57 Å². The fraction of sp³-hybridized carbons (Fsp3) is 0.500. The van der Waals surface area contributed by atoms with Gasteiger partial charge in [0.05, 0.1) is 13.2 Å². The molecule has 0 saturated heterocycles. The monoisotopic (exact) mass is 580 g/mol. The summed E-state index contributed by atoms with van der Waals surface area (Å²) in [5, 5.41) is 9.16. The van der Waals surface area contributed by atoms with Gasteiger partial charge in [-0.1, -0.05) is 96.2 Å². The minimum absolute atomic E-state index is 0.156. The highest BCUT2D eigenvalue weighted by molar-refractivity contribution is 6.74. The van der Waals surface area contributed by atoms with Crippen molar-refractivity contribution in [3.05, 3.63) is 88.5 Å². The van der Waals surface area contributed by atoms with E-state index < -0.39 is 22.6 Å². The first-order chi connectivity index (χ1) is 18.3. The lowest BCUT2D eigenvalue weighted by Gasteiger charge is -2.37. The third-order valence-corrected chi connectivity index (χ3v) is 17.7. The molecular weight excluding hydrogens is 529 g/mol. The fourth-order valence-electron chi connectivity index (χ4n) is 3.69. The average Bonchev–Trinajstić information content (AvgIpc) is 2.84. The van der Waals surface area contributed by atoms with Crippen LogP contribution >= 0.6 is 0 Å². The van der Waals surface area contributed by atoms with Crippen LogP contribution in [0.5, 0.6) is 0 Å². The van der Waals surface area contributed by atoms with Gasteiger partial charge in [0, 0.05) is 6.08 Å². The highest BCUT2D eigenvalue weighted by atomic mass is 28.4. The van der Waals surface area contributed by atoms with Crippen LogP contribution in [0.1, 0.15) is 76.3 Å². The van der Waals surface area contributed by atoms with Crippen molar-refractivity contribution in [2.24, 2.45) is 0 Å². The normalized spacial score (nSPS) is 13.7. The molecule has 0 amide bonds. The van der Waals surface area contributed by atoms with E-state index in [-0.39, 0.29) is 10.1 Å². The molecule has 2 rings (SSSR count). The molecule has 1 N–H and O–H groups in total. The SMILES string of the molecule is C/C(=C/C=C/C(=O)O)c1cccc(CCc2ccc(CO[Si](C)(C)C(C)(C)C)c(CO[Si](C)(C)C(C)(C)C)c2)c1. The lowest BCUT2D eigenvalue weighted by molar-refractivity contribution is -0.131. The molecule has 0 aliphatic heterocycles. The number of aryl methyl sites for hydroxylation is 2. The molecule has 0 saturated carbocycles. The van der Waals surface area contributed by atoms with E-state index in [1.807, 2.05) is 13.0 Å². The Morgan fingerprint density at radius 2 is 1.32 bits per heavy atom. The Bertz CT molecular complexity index is 1210. The van der Waals surface area contributed by atoms with Crippen LogP contribution in [0.3, 0.4) is 0 Å². The Labute approximate surface area is 245 Å². The van der Waals surface area contributed by atoms with E-state index >= 15 is 0 Å². The molecule has 2 aromatic rings. The zero-order chi connectivity index (χ0) is 30.4. The number of rotatable bonds is 12. The minimum atomic E-state index is -1.90. The molecule has 0 fully saturated rings. The quantitative estimate of drug-likeness (QED) is 0.154. The molecule has 2 aromatic carbocycles. The van der Waals surface area contributed by atoms with E-state index in [1.165, 1.54) is 22.3 Å². The van der Waals surface area contributed by atoms with Gasteiger partial charge in [-0.3, -0.25) is 0 Å². The highest BCUT2D eigenvalue weighted by Crippen LogP contribution is 2.39. The molecular formula is C34H52O4Si2. The Hall–Kier alpha value is -2.26. The summed E-state index contributed by atoms with van der Waals surface area (Å²) in [6, 6.07) is 15.3. The van der Waals surface area contributed by atoms with Gasteiger partial charge in [-0.05, 0) is 89.4 Å². The van der Waals surface area contributed by atoms with Crippen LogP contribution in [0.15, 0.2) is 60.7 Å². The van der Waals surface area contributed by atoms with Crippen molar-refractivity contribution < 1.29 is 18.8 Å². The summed E-state index contributed by atoms with van der Waals surface area (Å²) in [6.45, 7) is 26.2. The van der Waals surface area contributed by atoms with Crippen molar-refractivity contribution in [1.82, 2.24) is 0 Å². The summed E-state index contributed by atoms with van der Waals surface area (Å²) < 4.78 is 13.3. The molecule has 0 aliphatic rings. The van der Waals surface area contributed by atoms with Gasteiger partial charge in [-0.25, -0.2) is 4.79 Å². The first kappa shape index (κ1) is 33.9.